The van der Waals surface area contributed by atoms with Gasteiger partial charge in [-0.25, -0.2) is 13.8 Å². The number of aromatic amines is 1. The smallest absolute Gasteiger partial charge is 0.459 e. The molecule has 4 rings (SSSR count). The molecule has 3 N–H and O–H groups in total. The van der Waals surface area contributed by atoms with Gasteiger partial charge in [-0.1, -0.05) is 30.3 Å². The Bertz CT molecular complexity index is 1530. The van der Waals surface area contributed by atoms with Crippen molar-refractivity contribution in [1.82, 2.24) is 14.6 Å². The molecule has 0 amide bonds. The van der Waals surface area contributed by atoms with Gasteiger partial charge in [-0.2, -0.15) is 5.09 Å². The minimum atomic E-state index is -4.42. The van der Waals surface area contributed by atoms with E-state index in [2.05, 4.69) is 5.09 Å². The number of carbonyl (C=O) groups is 1. The summed E-state index contributed by atoms with van der Waals surface area (Å²) < 4.78 is 57.4. The number of rotatable bonds is 12. The molecule has 1 aromatic heterocycles. The number of benzene rings is 2. The number of hydrogen-bond donors (Lipinski definition) is 3. The highest BCUT2D eigenvalue weighted by molar-refractivity contribution is 7.52. The molecule has 3 aromatic rings. The average molecular weight is 608 g/mol. The fourth-order valence-corrected chi connectivity index (χ4v) is 5.65. The second kappa shape index (κ2) is 13.0. The summed E-state index contributed by atoms with van der Waals surface area (Å²) in [5.74, 6) is -0.179. The van der Waals surface area contributed by atoms with Crippen LogP contribution in [0.5, 0.6) is 11.5 Å². The number of ether oxygens (including phenoxy) is 3. The van der Waals surface area contributed by atoms with Crippen LogP contribution in [0.2, 0.25) is 0 Å². The fraction of sp³-hybridized carbons (Fsp3) is 0.370. The van der Waals surface area contributed by atoms with E-state index in [-0.39, 0.29) is 12.4 Å². The van der Waals surface area contributed by atoms with Crippen molar-refractivity contribution in [2.24, 2.45) is 0 Å². The first-order valence-corrected chi connectivity index (χ1v) is 14.4. The van der Waals surface area contributed by atoms with E-state index in [0.717, 1.165) is 29.3 Å². The predicted octanol–water partition coefficient (Wildman–Crippen LogP) is 2.46. The van der Waals surface area contributed by atoms with Crippen molar-refractivity contribution in [3.8, 4) is 11.5 Å². The molecule has 0 aliphatic carbocycles. The van der Waals surface area contributed by atoms with E-state index in [1.54, 1.807) is 36.4 Å². The molecule has 1 aliphatic heterocycles. The van der Waals surface area contributed by atoms with Gasteiger partial charge < -0.3 is 23.8 Å². The lowest BCUT2D eigenvalue weighted by Crippen LogP contribution is -2.43. The van der Waals surface area contributed by atoms with Crippen LogP contribution in [0.3, 0.4) is 0 Å². The van der Waals surface area contributed by atoms with Crippen molar-refractivity contribution in [2.75, 3.05) is 13.7 Å². The van der Waals surface area contributed by atoms with Crippen molar-refractivity contribution in [3.63, 3.8) is 0 Å². The summed E-state index contributed by atoms with van der Waals surface area (Å²) in [5, 5.41) is 13.2. The number of aliphatic hydroxyl groups is 1. The van der Waals surface area contributed by atoms with Crippen LogP contribution in [0.25, 0.3) is 0 Å². The predicted molar refractivity (Wildman–Crippen MR) is 147 cm³/mol. The van der Waals surface area contributed by atoms with E-state index in [1.165, 1.54) is 26.2 Å². The van der Waals surface area contributed by atoms with Crippen molar-refractivity contribution in [1.29, 1.82) is 0 Å². The fourth-order valence-electron chi connectivity index (χ4n) is 4.14. The highest BCUT2D eigenvalue weighted by atomic mass is 31.2. The van der Waals surface area contributed by atoms with E-state index >= 15 is 4.39 Å². The zero-order valence-electron chi connectivity index (χ0n) is 23.0. The van der Waals surface area contributed by atoms with Crippen molar-refractivity contribution < 1.29 is 42.1 Å². The molecule has 1 saturated heterocycles. The molecular formula is C27H31FN3O10P. The number of esters is 1. The summed E-state index contributed by atoms with van der Waals surface area (Å²) in [7, 11) is -2.95. The third-order valence-corrected chi connectivity index (χ3v) is 8.09. The monoisotopic (exact) mass is 607 g/mol. The summed E-state index contributed by atoms with van der Waals surface area (Å²) in [6.07, 6.45) is -3.89. The second-order valence-corrected chi connectivity index (χ2v) is 11.3. The Kier molecular flexibility index (Phi) is 9.64. The number of carbonyl (C=O) groups excluding carboxylic acids is 1. The SMILES string of the molecule is COc1ccc(OP(=O)(N[C@@H](C)C(=O)OCc2ccccc2)OC[C@H]2O[C@@H](n3ccc(=O)[nH]c3=O)C(C)(F)[C@@H]2O)cc1. The molecule has 6 atom stereocenters. The van der Waals surface area contributed by atoms with E-state index < -0.39 is 61.7 Å². The summed E-state index contributed by atoms with van der Waals surface area (Å²) in [5.41, 5.74) is -3.43. The van der Waals surface area contributed by atoms with Gasteiger partial charge in [0.2, 0.25) is 0 Å². The van der Waals surface area contributed by atoms with Crippen molar-refractivity contribution in [2.45, 2.75) is 50.6 Å². The third-order valence-electron chi connectivity index (χ3n) is 6.44. The summed E-state index contributed by atoms with van der Waals surface area (Å²) >= 11 is 0. The van der Waals surface area contributed by atoms with Crippen LogP contribution in [0.1, 0.15) is 25.6 Å². The van der Waals surface area contributed by atoms with E-state index in [0.29, 0.717) is 5.75 Å². The minimum Gasteiger partial charge on any atom is -0.497 e. The topological polar surface area (TPSA) is 167 Å². The molecule has 0 radical (unpaired) electrons. The quantitative estimate of drug-likeness (QED) is 0.204. The van der Waals surface area contributed by atoms with Crippen LogP contribution in [0, 0.1) is 0 Å². The molecule has 0 bridgehead atoms. The van der Waals surface area contributed by atoms with Crippen LogP contribution in [-0.2, 0) is 30.0 Å². The molecule has 2 aromatic carbocycles. The van der Waals surface area contributed by atoms with Crippen LogP contribution < -0.4 is 25.6 Å². The Morgan fingerprint density at radius 1 is 1.17 bits per heavy atom. The number of nitrogens with one attached hydrogen (secondary N) is 2. The molecule has 1 fully saturated rings. The van der Waals surface area contributed by atoms with Crippen molar-refractivity contribution in [3.05, 3.63) is 93.3 Å². The molecule has 2 unspecified atom stereocenters. The maximum absolute atomic E-state index is 15.6. The number of hydrogen-bond acceptors (Lipinski definition) is 10. The van der Waals surface area contributed by atoms with E-state index in [4.69, 9.17) is 23.3 Å². The summed E-state index contributed by atoms with van der Waals surface area (Å²) in [6, 6.07) is 14.7. The maximum Gasteiger partial charge on any atom is 0.459 e. The minimum absolute atomic E-state index is 0.0289. The van der Waals surface area contributed by atoms with Gasteiger partial charge in [0.05, 0.1) is 13.7 Å². The molecule has 13 nitrogen and oxygen atoms in total. The highest BCUT2D eigenvalue weighted by Gasteiger charge is 2.56. The Morgan fingerprint density at radius 2 is 1.83 bits per heavy atom. The number of alkyl halides is 1. The number of H-pyrrole nitrogens is 1. The largest absolute Gasteiger partial charge is 0.497 e. The van der Waals surface area contributed by atoms with Gasteiger partial charge in [-0.15, -0.1) is 0 Å². The molecule has 0 spiro atoms. The molecule has 1 aliphatic rings. The molecule has 0 saturated carbocycles. The van der Waals surface area contributed by atoms with Gasteiger partial charge in [0.15, 0.2) is 11.9 Å². The van der Waals surface area contributed by atoms with Crippen LogP contribution in [-0.4, -0.2) is 58.3 Å². The Morgan fingerprint density at radius 3 is 2.48 bits per heavy atom. The second-order valence-electron chi connectivity index (χ2n) is 9.64. The summed E-state index contributed by atoms with van der Waals surface area (Å²) in [6.45, 7) is 1.69. The zero-order valence-corrected chi connectivity index (χ0v) is 23.9. The molecule has 42 heavy (non-hydrogen) atoms. The standard InChI is InChI=1S/C27H31FN3O10P/c1-17(24(34)38-15-18-7-5-4-6-8-18)30-42(36,41-20-11-9-19(37-3)10-12-20)39-16-21-23(33)27(2,28)25(40-21)31-14-13-22(32)29-26(31)35/h4-14,17,21,23,25,33H,15-16H2,1-3H3,(H,30,36)(H,29,32,35)/t17-,21+,23+,25+,27?,42?/m0/s1. The van der Waals surface area contributed by atoms with Crippen LogP contribution in [0.4, 0.5) is 4.39 Å². The van der Waals surface area contributed by atoms with E-state index in [9.17, 15) is 24.1 Å². The number of nitrogens with zero attached hydrogens (tertiary/aromatic N) is 1. The van der Waals surface area contributed by atoms with Gasteiger partial charge in [0, 0.05) is 12.3 Å². The summed E-state index contributed by atoms with van der Waals surface area (Å²) in [4.78, 5) is 38.3. The average Bonchev–Trinajstić information content (AvgIpc) is 3.19. The molecule has 2 heterocycles. The lowest BCUT2D eigenvalue weighted by atomic mass is 9.98. The maximum atomic E-state index is 15.6. The molecule has 226 valence electrons. The number of halogens is 1. The van der Waals surface area contributed by atoms with Gasteiger partial charge >= 0.3 is 19.4 Å². The first kappa shape index (κ1) is 31.1. The molecular weight excluding hydrogens is 576 g/mol. The van der Waals surface area contributed by atoms with Gasteiger partial charge in [0.1, 0.15) is 36.4 Å². The highest BCUT2D eigenvalue weighted by Crippen LogP contribution is 2.47. The van der Waals surface area contributed by atoms with E-state index in [1.807, 2.05) is 11.1 Å². The Labute approximate surface area is 239 Å². The first-order valence-electron chi connectivity index (χ1n) is 12.8. The lowest BCUT2D eigenvalue weighted by molar-refractivity contribution is -0.146. The Hall–Kier alpha value is -3.81. The third kappa shape index (κ3) is 7.33. The zero-order chi connectivity index (χ0) is 30.5. The number of aliphatic hydroxyl groups excluding tert-OH is 1. The first-order chi connectivity index (χ1) is 19.9. The number of methoxy groups -OCH3 is 1. The number of aromatic nitrogens is 2. The van der Waals surface area contributed by atoms with Gasteiger partial charge in [-0.05, 0) is 43.7 Å². The van der Waals surface area contributed by atoms with Gasteiger partial charge in [0.25, 0.3) is 5.56 Å². The molecule has 15 heteroatoms. The van der Waals surface area contributed by atoms with Gasteiger partial charge in [-0.3, -0.25) is 23.7 Å². The normalized spacial score (nSPS) is 24.0. The van der Waals surface area contributed by atoms with Crippen LogP contribution in [0.15, 0.2) is 76.4 Å². The van der Waals surface area contributed by atoms with Crippen LogP contribution >= 0.6 is 7.75 Å². The lowest BCUT2D eigenvalue weighted by Gasteiger charge is -2.25. The van der Waals surface area contributed by atoms with Crippen molar-refractivity contribution >= 4 is 13.7 Å². The Balaban J connectivity index is 1.50.